The molecule has 0 aliphatic carbocycles. The number of benzene rings is 4. The molecule has 0 unspecified atom stereocenters. The molecule has 148 valence electrons. The van der Waals surface area contributed by atoms with Gasteiger partial charge >= 0.3 is 0 Å². The summed E-state index contributed by atoms with van der Waals surface area (Å²) in [6.07, 6.45) is 1.57. The first kappa shape index (κ1) is 19.7. The molecule has 4 rings (SSSR count). The number of halogens is 2. The lowest BCUT2D eigenvalue weighted by Crippen LogP contribution is -1.94. The van der Waals surface area contributed by atoms with Gasteiger partial charge in [0.15, 0.2) is 0 Å². The largest absolute Gasteiger partial charge is 0.497 e. The minimum atomic E-state index is -0.322. The molecule has 0 radical (unpaired) electrons. The van der Waals surface area contributed by atoms with Gasteiger partial charge in [-0.15, -0.1) is 0 Å². The van der Waals surface area contributed by atoms with Crippen LogP contribution in [0, 0.1) is 23.5 Å². The van der Waals surface area contributed by atoms with Gasteiger partial charge in [-0.25, -0.2) is 8.78 Å². The van der Waals surface area contributed by atoms with Gasteiger partial charge in [0.25, 0.3) is 0 Å². The van der Waals surface area contributed by atoms with Crippen LogP contribution in [0.25, 0.3) is 10.8 Å². The molecule has 0 atom stereocenters. The van der Waals surface area contributed by atoms with Gasteiger partial charge in [0.05, 0.1) is 12.7 Å². The van der Waals surface area contributed by atoms with Gasteiger partial charge in [-0.3, -0.25) is 0 Å². The molecule has 1 nitrogen and oxygen atoms in total. The Morgan fingerprint density at radius 2 is 1.40 bits per heavy atom. The van der Waals surface area contributed by atoms with Gasteiger partial charge in [-0.1, -0.05) is 42.2 Å². The highest BCUT2D eigenvalue weighted by Gasteiger charge is 2.03. The normalized spacial score (nSPS) is 10.5. The van der Waals surface area contributed by atoms with Crippen molar-refractivity contribution in [1.82, 2.24) is 0 Å². The van der Waals surface area contributed by atoms with Gasteiger partial charge in [0.2, 0.25) is 0 Å². The Kier molecular flexibility index (Phi) is 5.77. The minimum Gasteiger partial charge on any atom is -0.497 e. The van der Waals surface area contributed by atoms with Crippen LogP contribution >= 0.6 is 0 Å². The third-order valence-corrected chi connectivity index (χ3v) is 5.04. The highest BCUT2D eigenvalue weighted by Crippen LogP contribution is 2.18. The van der Waals surface area contributed by atoms with Crippen LogP contribution in [0.5, 0.6) is 5.75 Å². The van der Waals surface area contributed by atoms with Crippen LogP contribution in [0.3, 0.4) is 0 Å². The third kappa shape index (κ3) is 4.67. The van der Waals surface area contributed by atoms with E-state index in [2.05, 4.69) is 11.8 Å². The van der Waals surface area contributed by atoms with E-state index >= 15 is 0 Å². The molecule has 0 spiro atoms. The van der Waals surface area contributed by atoms with E-state index in [0.29, 0.717) is 5.56 Å². The smallest absolute Gasteiger partial charge is 0.139 e. The topological polar surface area (TPSA) is 9.23 Å². The number of hydrogen-bond donors (Lipinski definition) is 0. The second-order valence-corrected chi connectivity index (χ2v) is 7.12. The summed E-state index contributed by atoms with van der Waals surface area (Å²) in [6.45, 7) is 0. The molecule has 0 aliphatic rings. The van der Waals surface area contributed by atoms with Crippen LogP contribution in [0.15, 0.2) is 78.9 Å². The van der Waals surface area contributed by atoms with Crippen molar-refractivity contribution in [3.05, 3.63) is 113 Å². The summed E-state index contributed by atoms with van der Waals surface area (Å²) in [7, 11) is 1.64. The van der Waals surface area contributed by atoms with E-state index in [1.165, 1.54) is 17.7 Å². The lowest BCUT2D eigenvalue weighted by atomic mass is 10.0. The Balaban J connectivity index is 1.46. The van der Waals surface area contributed by atoms with Crippen LogP contribution < -0.4 is 4.74 Å². The molecule has 0 amide bonds. The molecule has 0 saturated carbocycles. The average molecular weight is 398 g/mol. The summed E-state index contributed by atoms with van der Waals surface area (Å²) in [5.74, 6) is 6.14. The molecule has 0 aromatic heterocycles. The zero-order valence-corrected chi connectivity index (χ0v) is 16.6. The second kappa shape index (κ2) is 8.80. The van der Waals surface area contributed by atoms with E-state index in [1.54, 1.807) is 25.3 Å². The van der Waals surface area contributed by atoms with Gasteiger partial charge in [0, 0.05) is 5.56 Å². The van der Waals surface area contributed by atoms with Crippen LogP contribution in [0.4, 0.5) is 8.78 Å². The van der Waals surface area contributed by atoms with Crippen LogP contribution in [0.2, 0.25) is 0 Å². The van der Waals surface area contributed by atoms with E-state index in [1.807, 2.05) is 48.5 Å². The Labute approximate surface area is 174 Å². The van der Waals surface area contributed by atoms with Crippen molar-refractivity contribution < 1.29 is 13.5 Å². The van der Waals surface area contributed by atoms with E-state index in [-0.39, 0.29) is 11.6 Å². The molecular formula is C27H20F2O. The molecule has 0 N–H and O–H groups in total. The maximum absolute atomic E-state index is 14.5. The molecule has 0 saturated heterocycles. The second-order valence-electron chi connectivity index (χ2n) is 7.12. The first-order valence-corrected chi connectivity index (χ1v) is 9.73. The van der Waals surface area contributed by atoms with Crippen molar-refractivity contribution in [2.45, 2.75) is 12.8 Å². The zero-order chi connectivity index (χ0) is 20.9. The number of fused-ring (bicyclic) bond motifs is 1. The standard InChI is InChI=1S/C27H20F2O/c1-30-26-14-7-19(8-15-26)2-3-21-5-10-22(27(29)17-21)9-4-20-6-11-24-18-25(28)13-12-23(24)16-20/h5-8,10-18H,2-3H2,1H3. The summed E-state index contributed by atoms with van der Waals surface area (Å²) in [5.41, 5.74) is 3.23. The predicted molar refractivity (Wildman–Crippen MR) is 117 cm³/mol. The predicted octanol–water partition coefficient (Wildman–Crippen LogP) is 6.31. The number of rotatable bonds is 4. The quantitative estimate of drug-likeness (QED) is 0.366. The molecule has 0 heterocycles. The average Bonchev–Trinajstić information content (AvgIpc) is 2.77. The summed E-state index contributed by atoms with van der Waals surface area (Å²) >= 11 is 0. The van der Waals surface area contributed by atoms with Crippen molar-refractivity contribution in [2.24, 2.45) is 0 Å². The highest BCUT2D eigenvalue weighted by molar-refractivity contribution is 5.84. The molecule has 3 heteroatoms. The Morgan fingerprint density at radius 1 is 0.700 bits per heavy atom. The maximum Gasteiger partial charge on any atom is 0.139 e. The fourth-order valence-corrected chi connectivity index (χ4v) is 3.33. The molecule has 0 aliphatic heterocycles. The molecular weight excluding hydrogens is 378 g/mol. The van der Waals surface area contributed by atoms with E-state index in [4.69, 9.17) is 4.74 Å². The lowest BCUT2D eigenvalue weighted by molar-refractivity contribution is 0.414. The fourth-order valence-electron chi connectivity index (χ4n) is 3.33. The first-order valence-electron chi connectivity index (χ1n) is 9.73. The van der Waals surface area contributed by atoms with Gasteiger partial charge < -0.3 is 4.74 Å². The Morgan fingerprint density at radius 3 is 2.17 bits per heavy atom. The molecule has 4 aromatic carbocycles. The maximum atomic E-state index is 14.5. The van der Waals surface area contributed by atoms with Gasteiger partial charge in [-0.05, 0) is 83.3 Å². The fraction of sp³-hybridized carbons (Fsp3) is 0.111. The van der Waals surface area contributed by atoms with Crippen molar-refractivity contribution in [1.29, 1.82) is 0 Å². The summed E-state index contributed by atoms with van der Waals surface area (Å²) in [6, 6.07) is 23.2. The van der Waals surface area contributed by atoms with Crippen molar-refractivity contribution in [3.63, 3.8) is 0 Å². The molecule has 0 bridgehead atoms. The first-order chi connectivity index (χ1) is 14.6. The lowest BCUT2D eigenvalue weighted by Gasteiger charge is -2.05. The SMILES string of the molecule is COc1ccc(CCc2ccc(C#Cc3ccc4cc(F)ccc4c3)c(F)c2)cc1. The van der Waals surface area contributed by atoms with Crippen molar-refractivity contribution >= 4 is 10.8 Å². The molecule has 0 fully saturated rings. The number of hydrogen-bond acceptors (Lipinski definition) is 1. The van der Waals surface area contributed by atoms with Crippen LogP contribution in [-0.4, -0.2) is 7.11 Å². The Hall–Kier alpha value is -3.64. The number of aryl methyl sites for hydroxylation is 2. The summed E-state index contributed by atoms with van der Waals surface area (Å²) < 4.78 is 33.0. The summed E-state index contributed by atoms with van der Waals surface area (Å²) in [4.78, 5) is 0. The third-order valence-electron chi connectivity index (χ3n) is 5.04. The number of ether oxygens (including phenoxy) is 1. The van der Waals surface area contributed by atoms with E-state index < -0.39 is 0 Å². The Bertz CT molecular complexity index is 1250. The van der Waals surface area contributed by atoms with E-state index in [9.17, 15) is 8.78 Å². The monoisotopic (exact) mass is 398 g/mol. The van der Waals surface area contributed by atoms with Crippen molar-refractivity contribution in [3.8, 4) is 17.6 Å². The number of methoxy groups -OCH3 is 1. The minimum absolute atomic E-state index is 0.268. The van der Waals surface area contributed by atoms with Crippen LogP contribution in [0.1, 0.15) is 22.3 Å². The van der Waals surface area contributed by atoms with E-state index in [0.717, 1.165) is 40.5 Å². The van der Waals surface area contributed by atoms with Crippen LogP contribution in [-0.2, 0) is 12.8 Å². The van der Waals surface area contributed by atoms with Gasteiger partial charge in [0.1, 0.15) is 17.4 Å². The molecule has 30 heavy (non-hydrogen) atoms. The zero-order valence-electron chi connectivity index (χ0n) is 16.6. The highest BCUT2D eigenvalue weighted by atomic mass is 19.1. The summed E-state index contributed by atoms with van der Waals surface area (Å²) in [5, 5.41) is 1.71. The molecule has 4 aromatic rings. The van der Waals surface area contributed by atoms with Gasteiger partial charge in [-0.2, -0.15) is 0 Å². The van der Waals surface area contributed by atoms with Crippen molar-refractivity contribution in [2.75, 3.05) is 7.11 Å².